The Labute approximate surface area is 472 Å². The molecule has 6 heteroatoms. The molecule has 0 rings (SSSR count). The highest BCUT2D eigenvalue weighted by atomic mass is 16.6. The van der Waals surface area contributed by atoms with Crippen molar-refractivity contribution in [2.75, 3.05) is 13.2 Å². The van der Waals surface area contributed by atoms with Crippen molar-refractivity contribution in [1.29, 1.82) is 0 Å². The van der Waals surface area contributed by atoms with E-state index in [0.717, 1.165) is 89.9 Å². The number of rotatable bonds is 61. The molecule has 0 spiro atoms. The highest BCUT2D eigenvalue weighted by Crippen LogP contribution is 2.17. The molecule has 0 aromatic rings. The van der Waals surface area contributed by atoms with Crippen molar-refractivity contribution >= 4 is 17.9 Å². The van der Waals surface area contributed by atoms with Gasteiger partial charge in [-0.15, -0.1) is 0 Å². The van der Waals surface area contributed by atoms with Gasteiger partial charge in [-0.2, -0.15) is 0 Å². The van der Waals surface area contributed by atoms with Gasteiger partial charge in [0.2, 0.25) is 0 Å². The van der Waals surface area contributed by atoms with Crippen LogP contribution < -0.4 is 0 Å². The number of esters is 3. The largest absolute Gasteiger partial charge is 0.462 e. The first-order chi connectivity index (χ1) is 37.5. The van der Waals surface area contributed by atoms with Crippen LogP contribution in [0.15, 0.2) is 60.8 Å². The van der Waals surface area contributed by atoms with Crippen molar-refractivity contribution < 1.29 is 28.6 Å². The molecule has 442 valence electrons. The lowest BCUT2D eigenvalue weighted by molar-refractivity contribution is -0.167. The lowest BCUT2D eigenvalue weighted by Gasteiger charge is -2.18. The van der Waals surface area contributed by atoms with Crippen LogP contribution in [-0.2, 0) is 28.6 Å². The van der Waals surface area contributed by atoms with E-state index in [1.165, 1.54) is 218 Å². The van der Waals surface area contributed by atoms with Crippen LogP contribution in [0.1, 0.15) is 348 Å². The second-order valence-electron chi connectivity index (χ2n) is 22.4. The van der Waals surface area contributed by atoms with E-state index < -0.39 is 6.10 Å². The summed E-state index contributed by atoms with van der Waals surface area (Å²) in [6, 6.07) is 0. The Balaban J connectivity index is 4.18. The summed E-state index contributed by atoms with van der Waals surface area (Å²) in [6.07, 6.45) is 82.4. The molecule has 0 aromatic carbocycles. The molecule has 0 aliphatic rings. The van der Waals surface area contributed by atoms with E-state index in [9.17, 15) is 14.4 Å². The zero-order valence-corrected chi connectivity index (χ0v) is 50.8. The van der Waals surface area contributed by atoms with E-state index in [2.05, 4.69) is 81.5 Å². The molecule has 0 N–H and O–H groups in total. The Bertz CT molecular complexity index is 1360. The fourth-order valence-corrected chi connectivity index (χ4v) is 9.79. The standard InChI is InChI=1S/C70H126O6/c1-4-7-10-13-16-19-22-25-27-29-30-31-32-33-34-35-36-37-38-39-40-42-43-45-48-51-54-57-60-63-69(72)75-66-67(65-74-68(71)62-59-56-53-50-47-24-21-18-15-12-9-6-3)76-70(73)64-61-58-55-52-49-46-44-41-28-26-23-20-17-14-11-8-5-2/h8,11,17,20,22,25-26,28-30,67H,4-7,9-10,12-16,18-19,21,23-24,27,31-66H2,1-3H3/b11-8-,20-17-,25-22-,28-26-,30-29-. The number of carbonyl (C=O) groups is 3. The van der Waals surface area contributed by atoms with Gasteiger partial charge < -0.3 is 14.2 Å². The second kappa shape index (κ2) is 64.6. The lowest BCUT2D eigenvalue weighted by atomic mass is 10.0. The normalized spacial score (nSPS) is 12.4. The number of hydrogen-bond acceptors (Lipinski definition) is 6. The van der Waals surface area contributed by atoms with Gasteiger partial charge in [0.1, 0.15) is 13.2 Å². The van der Waals surface area contributed by atoms with Crippen LogP contribution in [0.3, 0.4) is 0 Å². The molecule has 0 heterocycles. The third-order valence-corrected chi connectivity index (χ3v) is 14.8. The molecule has 0 radical (unpaired) electrons. The van der Waals surface area contributed by atoms with Crippen molar-refractivity contribution in [1.82, 2.24) is 0 Å². The van der Waals surface area contributed by atoms with Crippen LogP contribution in [0.2, 0.25) is 0 Å². The van der Waals surface area contributed by atoms with Crippen molar-refractivity contribution in [3.63, 3.8) is 0 Å². The van der Waals surface area contributed by atoms with Crippen molar-refractivity contribution in [2.24, 2.45) is 0 Å². The summed E-state index contributed by atoms with van der Waals surface area (Å²) < 4.78 is 16.9. The van der Waals surface area contributed by atoms with E-state index >= 15 is 0 Å². The quantitative estimate of drug-likeness (QED) is 0.0261. The van der Waals surface area contributed by atoms with Gasteiger partial charge in [0.25, 0.3) is 0 Å². The molecule has 76 heavy (non-hydrogen) atoms. The second-order valence-corrected chi connectivity index (χ2v) is 22.4. The highest BCUT2D eigenvalue weighted by Gasteiger charge is 2.19. The number of allylic oxidation sites excluding steroid dienone is 10. The summed E-state index contributed by atoms with van der Waals surface area (Å²) in [5, 5.41) is 0. The van der Waals surface area contributed by atoms with Gasteiger partial charge in [0.05, 0.1) is 0 Å². The average Bonchev–Trinajstić information content (AvgIpc) is 3.42. The molecule has 0 saturated carbocycles. The Hall–Kier alpha value is -2.89. The Morgan fingerprint density at radius 1 is 0.276 bits per heavy atom. The van der Waals surface area contributed by atoms with Gasteiger partial charge in [-0.3, -0.25) is 14.4 Å². The average molecular weight is 1060 g/mol. The predicted molar refractivity (Wildman–Crippen MR) is 330 cm³/mol. The van der Waals surface area contributed by atoms with Gasteiger partial charge in [-0.1, -0.05) is 306 Å². The smallest absolute Gasteiger partial charge is 0.306 e. The molecule has 0 bridgehead atoms. The van der Waals surface area contributed by atoms with Crippen LogP contribution in [-0.4, -0.2) is 37.2 Å². The molecule has 0 aliphatic carbocycles. The Morgan fingerprint density at radius 3 is 0.803 bits per heavy atom. The van der Waals surface area contributed by atoms with Gasteiger partial charge >= 0.3 is 17.9 Å². The van der Waals surface area contributed by atoms with Gasteiger partial charge in [0.15, 0.2) is 6.10 Å². The minimum Gasteiger partial charge on any atom is -0.462 e. The molecule has 0 aliphatic heterocycles. The zero-order chi connectivity index (χ0) is 55.0. The Morgan fingerprint density at radius 2 is 0.513 bits per heavy atom. The third-order valence-electron chi connectivity index (χ3n) is 14.8. The monoisotopic (exact) mass is 1060 g/mol. The van der Waals surface area contributed by atoms with Crippen LogP contribution in [0.4, 0.5) is 0 Å². The van der Waals surface area contributed by atoms with E-state index in [0.29, 0.717) is 19.3 Å². The number of ether oxygens (including phenoxy) is 3. The highest BCUT2D eigenvalue weighted by molar-refractivity contribution is 5.71. The maximum Gasteiger partial charge on any atom is 0.306 e. The maximum atomic E-state index is 12.9. The summed E-state index contributed by atoms with van der Waals surface area (Å²) in [5.41, 5.74) is 0. The van der Waals surface area contributed by atoms with Crippen LogP contribution in [0.5, 0.6) is 0 Å². The number of hydrogen-bond donors (Lipinski definition) is 0. The summed E-state index contributed by atoms with van der Waals surface area (Å²) >= 11 is 0. The summed E-state index contributed by atoms with van der Waals surface area (Å²) in [4.78, 5) is 38.3. The molecule has 0 saturated heterocycles. The maximum absolute atomic E-state index is 12.9. The lowest BCUT2D eigenvalue weighted by Crippen LogP contribution is -2.30. The van der Waals surface area contributed by atoms with Crippen LogP contribution >= 0.6 is 0 Å². The van der Waals surface area contributed by atoms with Crippen molar-refractivity contribution in [3.05, 3.63) is 60.8 Å². The summed E-state index contributed by atoms with van der Waals surface area (Å²) in [6.45, 7) is 6.55. The van der Waals surface area contributed by atoms with Crippen molar-refractivity contribution in [2.45, 2.75) is 354 Å². The first-order valence-electron chi connectivity index (χ1n) is 33.3. The minimum atomic E-state index is -0.777. The third kappa shape index (κ3) is 62.0. The predicted octanol–water partition coefficient (Wildman–Crippen LogP) is 22.7. The van der Waals surface area contributed by atoms with Crippen molar-refractivity contribution in [3.8, 4) is 0 Å². The zero-order valence-electron chi connectivity index (χ0n) is 50.8. The van der Waals surface area contributed by atoms with E-state index in [4.69, 9.17) is 14.2 Å². The van der Waals surface area contributed by atoms with E-state index in [1.54, 1.807) is 0 Å². The Kier molecular flexibility index (Phi) is 62.2. The first-order valence-corrected chi connectivity index (χ1v) is 33.3. The fraction of sp³-hybridized carbons (Fsp3) is 0.814. The summed E-state index contributed by atoms with van der Waals surface area (Å²) in [7, 11) is 0. The molecule has 0 aromatic heterocycles. The van der Waals surface area contributed by atoms with Crippen LogP contribution in [0, 0.1) is 0 Å². The molecule has 6 nitrogen and oxygen atoms in total. The molecule has 1 atom stereocenters. The molecule has 0 fully saturated rings. The SMILES string of the molecule is CC/C=C\C/C=C\C/C=C\CCCCCCCCCC(=O)OC(COC(=O)CCCCCCCCCCCCCC)COC(=O)CCCCCCCCCCCCCCCCCCC/C=C\C/C=C\CCCCCCC. The molecular formula is C70H126O6. The minimum absolute atomic E-state index is 0.0739. The van der Waals surface area contributed by atoms with Gasteiger partial charge in [0, 0.05) is 19.3 Å². The van der Waals surface area contributed by atoms with Gasteiger partial charge in [-0.05, 0) is 83.5 Å². The molecule has 0 amide bonds. The number of carbonyl (C=O) groups excluding carboxylic acids is 3. The topological polar surface area (TPSA) is 78.9 Å². The van der Waals surface area contributed by atoms with E-state index in [-0.39, 0.29) is 31.1 Å². The summed E-state index contributed by atoms with van der Waals surface area (Å²) in [5.74, 6) is -0.865. The van der Waals surface area contributed by atoms with Crippen LogP contribution in [0.25, 0.3) is 0 Å². The first kappa shape index (κ1) is 73.1. The van der Waals surface area contributed by atoms with Gasteiger partial charge in [-0.25, -0.2) is 0 Å². The van der Waals surface area contributed by atoms with E-state index in [1.807, 2.05) is 0 Å². The molecule has 1 unspecified atom stereocenters. The number of unbranched alkanes of at least 4 members (excludes halogenated alkanes) is 40. The molecular weight excluding hydrogens is 937 g/mol. The fourth-order valence-electron chi connectivity index (χ4n) is 9.79.